The molecule has 0 aromatic rings. The van der Waals surface area contributed by atoms with E-state index >= 15 is 0 Å². The van der Waals surface area contributed by atoms with Crippen LogP contribution in [0.3, 0.4) is 0 Å². The molecule has 43 heavy (non-hydrogen) atoms. The number of aliphatic hydroxyl groups is 3. The summed E-state index contributed by atoms with van der Waals surface area (Å²) in [5.41, 5.74) is 2.08. The zero-order chi connectivity index (χ0) is 31.3. The zero-order valence-corrected chi connectivity index (χ0v) is 27.8. The fourth-order valence-corrected chi connectivity index (χ4v) is 10.9. The first-order valence-corrected chi connectivity index (χ1v) is 17.5. The minimum Gasteiger partial charge on any atom is -0.467 e. The molecular weight excluding hydrogens is 544 g/mol. The van der Waals surface area contributed by atoms with Gasteiger partial charge in [0.25, 0.3) is 0 Å². The van der Waals surface area contributed by atoms with Crippen LogP contribution in [0.15, 0.2) is 11.6 Å². The monoisotopic (exact) mass is 604 g/mol. The Morgan fingerprint density at radius 1 is 1.00 bits per heavy atom. The van der Waals surface area contributed by atoms with Crippen LogP contribution in [0, 0.1) is 52.3 Å². The molecule has 0 amide bonds. The number of esters is 1. The van der Waals surface area contributed by atoms with Crippen LogP contribution in [0.5, 0.6) is 0 Å². The molecular formula is C36H60O7. The third kappa shape index (κ3) is 6.00. The first kappa shape index (κ1) is 33.4. The second-order valence-electron chi connectivity index (χ2n) is 15.9. The van der Waals surface area contributed by atoms with Gasteiger partial charge in [-0.2, -0.15) is 0 Å². The van der Waals surface area contributed by atoms with Gasteiger partial charge in [0.2, 0.25) is 0 Å². The van der Waals surface area contributed by atoms with Crippen LogP contribution in [0.1, 0.15) is 112 Å². The molecule has 3 N–H and O–H groups in total. The number of carbonyl (C=O) groups is 1. The Kier molecular flexibility index (Phi) is 10.1. The molecule has 0 aromatic carbocycles. The van der Waals surface area contributed by atoms with Crippen LogP contribution in [0.2, 0.25) is 0 Å². The molecule has 1 heterocycles. The highest BCUT2D eigenvalue weighted by Crippen LogP contribution is 2.67. The predicted octanol–water partition coefficient (Wildman–Crippen LogP) is 6.03. The molecule has 0 aromatic heterocycles. The van der Waals surface area contributed by atoms with Gasteiger partial charge in [0.15, 0.2) is 12.4 Å². The van der Waals surface area contributed by atoms with Crippen molar-refractivity contribution in [3.8, 4) is 0 Å². The Morgan fingerprint density at radius 2 is 1.74 bits per heavy atom. The molecule has 1 saturated heterocycles. The lowest BCUT2D eigenvalue weighted by Crippen LogP contribution is -2.61. The maximum atomic E-state index is 12.1. The van der Waals surface area contributed by atoms with Gasteiger partial charge >= 0.3 is 5.97 Å². The number of fused-ring (bicyclic) bond motifs is 5. The van der Waals surface area contributed by atoms with Gasteiger partial charge in [0.1, 0.15) is 18.3 Å². The van der Waals surface area contributed by atoms with Crippen molar-refractivity contribution >= 4 is 5.97 Å². The van der Waals surface area contributed by atoms with E-state index in [1.165, 1.54) is 57.6 Å². The molecule has 5 rings (SSSR count). The van der Waals surface area contributed by atoms with Gasteiger partial charge in [-0.25, -0.2) is 4.79 Å². The molecule has 14 atom stereocenters. The number of hydrogen-bond donors (Lipinski definition) is 3. The van der Waals surface area contributed by atoms with E-state index in [-0.39, 0.29) is 11.5 Å². The highest BCUT2D eigenvalue weighted by atomic mass is 16.7. The molecule has 4 fully saturated rings. The Hall–Kier alpha value is -0.990. The van der Waals surface area contributed by atoms with E-state index in [9.17, 15) is 20.1 Å². The minimum atomic E-state index is -1.57. The summed E-state index contributed by atoms with van der Waals surface area (Å²) in [5.74, 6) is 4.73. The van der Waals surface area contributed by atoms with Gasteiger partial charge < -0.3 is 29.5 Å². The SMILES string of the molecule is CC[C@H](CC[C@@H](C)C1CCC2[C@H]3CC=C4C[C@@H](O[C@@H]5OC(C(=O)OC)[C@@H](O)[C@@H](O)C5O)CC[C@]4(C)C3CC[C@@]21C)C(C)C. The van der Waals surface area contributed by atoms with Crippen molar-refractivity contribution in [3.05, 3.63) is 11.6 Å². The van der Waals surface area contributed by atoms with Gasteiger partial charge in [0.05, 0.1) is 13.2 Å². The fourth-order valence-electron chi connectivity index (χ4n) is 10.9. The van der Waals surface area contributed by atoms with Crippen molar-refractivity contribution in [2.75, 3.05) is 7.11 Å². The highest BCUT2D eigenvalue weighted by Gasteiger charge is 2.59. The summed E-state index contributed by atoms with van der Waals surface area (Å²) in [6.45, 7) is 14.8. The maximum Gasteiger partial charge on any atom is 0.337 e. The third-order valence-corrected chi connectivity index (χ3v) is 13.6. The van der Waals surface area contributed by atoms with E-state index in [2.05, 4.69) is 47.6 Å². The topological polar surface area (TPSA) is 105 Å². The van der Waals surface area contributed by atoms with Crippen molar-refractivity contribution in [2.45, 2.75) is 149 Å². The van der Waals surface area contributed by atoms with E-state index in [1.54, 1.807) is 0 Å². The Bertz CT molecular complexity index is 1010. The van der Waals surface area contributed by atoms with Gasteiger partial charge in [-0.1, -0.05) is 66.0 Å². The van der Waals surface area contributed by atoms with Crippen molar-refractivity contribution in [1.29, 1.82) is 0 Å². The summed E-state index contributed by atoms with van der Waals surface area (Å²) in [4.78, 5) is 12.1. The Labute approximate surface area is 260 Å². The van der Waals surface area contributed by atoms with Crippen molar-refractivity contribution in [3.63, 3.8) is 0 Å². The zero-order valence-electron chi connectivity index (χ0n) is 27.8. The highest BCUT2D eigenvalue weighted by molar-refractivity contribution is 5.75. The molecule has 4 aliphatic carbocycles. The van der Waals surface area contributed by atoms with E-state index < -0.39 is 36.7 Å². The number of allylic oxidation sites excluding steroid dienone is 1. The molecule has 3 saturated carbocycles. The second kappa shape index (κ2) is 13.0. The summed E-state index contributed by atoms with van der Waals surface area (Å²) in [6, 6.07) is 0. The van der Waals surface area contributed by atoms with Gasteiger partial charge in [-0.05, 0) is 110 Å². The molecule has 1 aliphatic heterocycles. The molecule has 5 unspecified atom stereocenters. The lowest BCUT2D eigenvalue weighted by Gasteiger charge is -2.58. The predicted molar refractivity (Wildman–Crippen MR) is 166 cm³/mol. The largest absolute Gasteiger partial charge is 0.467 e. The van der Waals surface area contributed by atoms with Crippen LogP contribution < -0.4 is 0 Å². The number of carbonyl (C=O) groups excluding carboxylic acids is 1. The van der Waals surface area contributed by atoms with Crippen LogP contribution in [0.25, 0.3) is 0 Å². The molecule has 0 radical (unpaired) electrons. The Morgan fingerprint density at radius 3 is 2.42 bits per heavy atom. The average molecular weight is 605 g/mol. The molecule has 7 nitrogen and oxygen atoms in total. The average Bonchev–Trinajstić information content (AvgIpc) is 3.34. The summed E-state index contributed by atoms with van der Waals surface area (Å²) in [6.07, 6.45) is 8.41. The summed E-state index contributed by atoms with van der Waals surface area (Å²) < 4.78 is 16.6. The van der Waals surface area contributed by atoms with Gasteiger partial charge in [-0.3, -0.25) is 0 Å². The molecule has 5 aliphatic rings. The lowest BCUT2D eigenvalue weighted by molar-refractivity contribution is -0.306. The molecule has 0 spiro atoms. The number of hydrogen-bond acceptors (Lipinski definition) is 7. The van der Waals surface area contributed by atoms with Crippen molar-refractivity contribution in [2.24, 2.45) is 52.3 Å². The maximum absolute atomic E-state index is 12.1. The van der Waals surface area contributed by atoms with Gasteiger partial charge in [-0.15, -0.1) is 0 Å². The van der Waals surface area contributed by atoms with Crippen molar-refractivity contribution in [1.82, 2.24) is 0 Å². The fraction of sp³-hybridized carbons (Fsp3) is 0.917. The van der Waals surface area contributed by atoms with E-state index in [0.29, 0.717) is 11.3 Å². The van der Waals surface area contributed by atoms with E-state index in [1.807, 2.05) is 0 Å². The number of aliphatic hydroxyl groups excluding tert-OH is 3. The van der Waals surface area contributed by atoms with Crippen LogP contribution >= 0.6 is 0 Å². The number of ether oxygens (including phenoxy) is 3. The summed E-state index contributed by atoms with van der Waals surface area (Å²) in [5, 5.41) is 31.2. The van der Waals surface area contributed by atoms with E-state index in [4.69, 9.17) is 14.2 Å². The number of rotatable bonds is 9. The molecule has 246 valence electrons. The first-order chi connectivity index (χ1) is 20.3. The second-order valence-corrected chi connectivity index (χ2v) is 15.9. The van der Waals surface area contributed by atoms with Crippen LogP contribution in [0.4, 0.5) is 0 Å². The standard InChI is InChI=1S/C36H60O7/c1-8-22(20(2)3)10-9-21(4)26-13-14-27-25-12-11-23-19-24(15-17-35(23,5)28(25)16-18-36(26,27)6)42-34-31(39)29(37)30(38)32(43-34)33(40)41-7/h11,20-22,24-32,34,37-39H,8-10,12-19H2,1-7H3/t21-,22-,24+,25-,26?,27?,28?,29-,30+,31?,32?,34-,35+,36-/m1/s1. The lowest BCUT2D eigenvalue weighted by atomic mass is 9.47. The molecule has 0 bridgehead atoms. The van der Waals surface area contributed by atoms with Crippen LogP contribution in [-0.4, -0.2) is 65.2 Å². The third-order valence-electron chi connectivity index (χ3n) is 13.6. The first-order valence-electron chi connectivity index (χ1n) is 17.5. The van der Waals surface area contributed by atoms with Gasteiger partial charge in [0, 0.05) is 0 Å². The van der Waals surface area contributed by atoms with E-state index in [0.717, 1.165) is 61.2 Å². The Balaban J connectivity index is 1.24. The van der Waals surface area contributed by atoms with Crippen molar-refractivity contribution < 1.29 is 34.3 Å². The number of methoxy groups -OCH3 is 1. The van der Waals surface area contributed by atoms with Crippen LogP contribution in [-0.2, 0) is 19.0 Å². The summed E-state index contributed by atoms with van der Waals surface area (Å²) in [7, 11) is 1.20. The smallest absolute Gasteiger partial charge is 0.337 e. The summed E-state index contributed by atoms with van der Waals surface area (Å²) >= 11 is 0. The normalized spacial score (nSPS) is 45.9. The molecule has 7 heteroatoms. The minimum absolute atomic E-state index is 0.162. The quantitative estimate of drug-likeness (QED) is 0.218.